The van der Waals surface area contributed by atoms with E-state index in [0.717, 1.165) is 25.7 Å². The first-order valence-corrected chi connectivity index (χ1v) is 7.75. The summed E-state index contributed by atoms with van der Waals surface area (Å²) >= 11 is 0. The van der Waals surface area contributed by atoms with Gasteiger partial charge in [0.15, 0.2) is 0 Å². The van der Waals surface area contributed by atoms with Gasteiger partial charge in [0.2, 0.25) is 5.91 Å². The van der Waals surface area contributed by atoms with Gasteiger partial charge in [0, 0.05) is 18.7 Å². The standard InChI is InChI=1S/C16H22F3N3O/c1-22(15(23)11-5-3-2-4-6-11)12-7-8-14(13(20)9-12)21-10-16(17,18)19/h7-9,11,21H,2-6,10,20H2,1H3. The van der Waals surface area contributed by atoms with Crippen molar-refractivity contribution in [3.05, 3.63) is 18.2 Å². The van der Waals surface area contributed by atoms with Crippen molar-refractivity contribution in [3.8, 4) is 0 Å². The summed E-state index contributed by atoms with van der Waals surface area (Å²) < 4.78 is 36.7. The molecule has 23 heavy (non-hydrogen) atoms. The molecule has 0 spiro atoms. The molecule has 1 saturated carbocycles. The quantitative estimate of drug-likeness (QED) is 0.826. The number of benzene rings is 1. The molecule has 0 bridgehead atoms. The molecule has 7 heteroatoms. The van der Waals surface area contributed by atoms with Gasteiger partial charge in [-0.1, -0.05) is 19.3 Å². The molecule has 0 saturated heterocycles. The van der Waals surface area contributed by atoms with Gasteiger partial charge in [0.05, 0.1) is 11.4 Å². The van der Waals surface area contributed by atoms with E-state index in [1.807, 2.05) is 0 Å². The Labute approximate surface area is 133 Å². The minimum Gasteiger partial charge on any atom is -0.397 e. The van der Waals surface area contributed by atoms with Crippen LogP contribution >= 0.6 is 0 Å². The summed E-state index contributed by atoms with van der Waals surface area (Å²) in [5.41, 5.74) is 6.79. The highest BCUT2D eigenvalue weighted by Crippen LogP contribution is 2.30. The van der Waals surface area contributed by atoms with E-state index in [-0.39, 0.29) is 23.2 Å². The maximum atomic E-state index is 12.5. The molecule has 4 nitrogen and oxygen atoms in total. The third-order valence-corrected chi connectivity index (χ3v) is 4.19. The van der Waals surface area contributed by atoms with Crippen molar-refractivity contribution < 1.29 is 18.0 Å². The van der Waals surface area contributed by atoms with Crippen LogP contribution < -0.4 is 16.0 Å². The number of amides is 1. The lowest BCUT2D eigenvalue weighted by atomic mass is 9.88. The van der Waals surface area contributed by atoms with E-state index in [9.17, 15) is 18.0 Å². The minimum absolute atomic E-state index is 0.0259. The molecular weight excluding hydrogens is 307 g/mol. The normalized spacial score (nSPS) is 16.2. The largest absolute Gasteiger partial charge is 0.405 e. The number of alkyl halides is 3. The zero-order valence-electron chi connectivity index (χ0n) is 13.1. The Bertz CT molecular complexity index is 554. The van der Waals surface area contributed by atoms with Gasteiger partial charge in [-0.25, -0.2) is 0 Å². The van der Waals surface area contributed by atoms with Gasteiger partial charge < -0.3 is 16.0 Å². The van der Waals surface area contributed by atoms with Crippen molar-refractivity contribution in [1.29, 1.82) is 0 Å². The molecule has 3 N–H and O–H groups in total. The lowest BCUT2D eigenvalue weighted by molar-refractivity contribution is -0.123. The molecule has 0 aromatic heterocycles. The third kappa shape index (κ3) is 4.77. The number of carbonyl (C=O) groups excluding carboxylic acids is 1. The summed E-state index contributed by atoms with van der Waals surface area (Å²) in [5, 5.41) is 2.26. The molecule has 0 unspecified atom stereocenters. The van der Waals surface area contributed by atoms with Crippen molar-refractivity contribution in [2.75, 3.05) is 29.5 Å². The first-order valence-electron chi connectivity index (χ1n) is 7.75. The van der Waals surface area contributed by atoms with E-state index >= 15 is 0 Å². The maximum Gasteiger partial charge on any atom is 0.405 e. The molecule has 1 aromatic carbocycles. The van der Waals surface area contributed by atoms with Gasteiger partial charge in [-0.3, -0.25) is 4.79 Å². The summed E-state index contributed by atoms with van der Waals surface area (Å²) in [4.78, 5) is 14.0. The molecule has 0 radical (unpaired) electrons. The molecule has 1 aliphatic carbocycles. The average molecular weight is 329 g/mol. The van der Waals surface area contributed by atoms with Crippen LogP contribution in [0.3, 0.4) is 0 Å². The number of nitrogens with one attached hydrogen (secondary N) is 1. The van der Waals surface area contributed by atoms with E-state index in [1.54, 1.807) is 18.0 Å². The van der Waals surface area contributed by atoms with Crippen LogP contribution in [-0.2, 0) is 4.79 Å². The van der Waals surface area contributed by atoms with Crippen molar-refractivity contribution in [1.82, 2.24) is 0 Å². The van der Waals surface area contributed by atoms with Gasteiger partial charge in [-0.2, -0.15) is 13.2 Å². The lowest BCUT2D eigenvalue weighted by Crippen LogP contribution is -2.34. The first-order chi connectivity index (χ1) is 10.8. The van der Waals surface area contributed by atoms with Crippen molar-refractivity contribution >= 4 is 23.0 Å². The van der Waals surface area contributed by atoms with Crippen LogP contribution in [0.25, 0.3) is 0 Å². The third-order valence-electron chi connectivity index (χ3n) is 4.19. The van der Waals surface area contributed by atoms with Crippen LogP contribution in [0, 0.1) is 5.92 Å². The summed E-state index contributed by atoms with van der Waals surface area (Å²) in [7, 11) is 1.68. The van der Waals surface area contributed by atoms with Crippen LogP contribution in [-0.4, -0.2) is 25.7 Å². The second-order valence-electron chi connectivity index (χ2n) is 5.97. The predicted octanol–water partition coefficient (Wildman–Crippen LogP) is 3.79. The molecule has 1 fully saturated rings. The monoisotopic (exact) mass is 329 g/mol. The maximum absolute atomic E-state index is 12.5. The van der Waals surface area contributed by atoms with Gasteiger partial charge in [0.1, 0.15) is 6.54 Å². The zero-order valence-corrected chi connectivity index (χ0v) is 13.1. The SMILES string of the molecule is CN(C(=O)C1CCCCC1)c1ccc(NCC(F)(F)F)c(N)c1. The highest BCUT2D eigenvalue weighted by atomic mass is 19.4. The second-order valence-corrected chi connectivity index (χ2v) is 5.97. The van der Waals surface area contributed by atoms with E-state index in [1.165, 1.54) is 18.6 Å². The minimum atomic E-state index is -4.31. The number of halogens is 3. The Morgan fingerprint density at radius 3 is 2.52 bits per heavy atom. The Morgan fingerprint density at radius 2 is 1.96 bits per heavy atom. The number of rotatable bonds is 4. The summed E-state index contributed by atoms with van der Waals surface area (Å²) in [6, 6.07) is 4.61. The number of carbonyl (C=O) groups is 1. The van der Waals surface area contributed by atoms with Gasteiger partial charge >= 0.3 is 6.18 Å². The topological polar surface area (TPSA) is 58.4 Å². The number of anilines is 3. The average Bonchev–Trinajstić information content (AvgIpc) is 2.52. The molecule has 2 rings (SSSR count). The van der Waals surface area contributed by atoms with Gasteiger partial charge in [0.25, 0.3) is 0 Å². The molecule has 0 atom stereocenters. The van der Waals surface area contributed by atoms with E-state index in [4.69, 9.17) is 5.73 Å². The van der Waals surface area contributed by atoms with E-state index in [0.29, 0.717) is 5.69 Å². The van der Waals surface area contributed by atoms with Crippen molar-refractivity contribution in [3.63, 3.8) is 0 Å². The molecule has 128 valence electrons. The molecule has 1 amide bonds. The van der Waals surface area contributed by atoms with Gasteiger partial charge in [-0.05, 0) is 31.0 Å². The van der Waals surface area contributed by atoms with E-state index < -0.39 is 12.7 Å². The number of nitrogens with zero attached hydrogens (tertiary/aromatic N) is 1. The summed E-state index contributed by atoms with van der Waals surface area (Å²) in [6.45, 7) is -1.15. The van der Waals surface area contributed by atoms with Crippen LogP contribution in [0.2, 0.25) is 0 Å². The van der Waals surface area contributed by atoms with Crippen molar-refractivity contribution in [2.24, 2.45) is 5.92 Å². The zero-order chi connectivity index (χ0) is 17.0. The fourth-order valence-corrected chi connectivity index (χ4v) is 2.87. The Balaban J connectivity index is 2.05. The van der Waals surface area contributed by atoms with Crippen molar-refractivity contribution in [2.45, 2.75) is 38.3 Å². The lowest BCUT2D eigenvalue weighted by Gasteiger charge is -2.27. The fourth-order valence-electron chi connectivity index (χ4n) is 2.87. The predicted molar refractivity (Wildman–Crippen MR) is 85.4 cm³/mol. The Kier molecular flexibility index (Phi) is 5.38. The highest BCUT2D eigenvalue weighted by molar-refractivity contribution is 5.95. The first kappa shape index (κ1) is 17.4. The number of hydrogen-bond donors (Lipinski definition) is 2. The second kappa shape index (κ2) is 7.10. The smallest absolute Gasteiger partial charge is 0.397 e. The molecule has 0 aliphatic heterocycles. The van der Waals surface area contributed by atoms with Crippen LogP contribution in [0.4, 0.5) is 30.2 Å². The Morgan fingerprint density at radius 1 is 1.30 bits per heavy atom. The molecular formula is C16H22F3N3O. The Hall–Kier alpha value is -1.92. The summed E-state index contributed by atoms with van der Waals surface area (Å²) in [6.07, 6.45) is 0.770. The molecule has 1 aromatic rings. The van der Waals surface area contributed by atoms with Crippen LogP contribution in [0.1, 0.15) is 32.1 Å². The van der Waals surface area contributed by atoms with Crippen LogP contribution in [0.15, 0.2) is 18.2 Å². The number of nitrogen functional groups attached to an aromatic ring is 1. The number of nitrogens with two attached hydrogens (primary N) is 1. The molecule has 1 aliphatic rings. The van der Waals surface area contributed by atoms with Crippen LogP contribution in [0.5, 0.6) is 0 Å². The highest BCUT2D eigenvalue weighted by Gasteiger charge is 2.27. The number of hydrogen-bond acceptors (Lipinski definition) is 3. The summed E-state index contributed by atoms with van der Waals surface area (Å²) in [5.74, 6) is 0.0677. The molecule has 0 heterocycles. The van der Waals surface area contributed by atoms with E-state index in [2.05, 4.69) is 5.32 Å². The van der Waals surface area contributed by atoms with Gasteiger partial charge in [-0.15, -0.1) is 0 Å². The fraction of sp³-hybridized carbons (Fsp3) is 0.562.